The Kier molecular flexibility index (Phi) is 3.83. The van der Waals surface area contributed by atoms with Gasteiger partial charge in [0.15, 0.2) is 5.78 Å². The van der Waals surface area contributed by atoms with Gasteiger partial charge in [0.2, 0.25) is 0 Å². The van der Waals surface area contributed by atoms with Gasteiger partial charge >= 0.3 is 5.97 Å². The van der Waals surface area contributed by atoms with Gasteiger partial charge in [0.05, 0.1) is 0 Å². The minimum atomic E-state index is -1.38. The summed E-state index contributed by atoms with van der Waals surface area (Å²) in [4.78, 5) is 37.3. The largest absolute Gasteiger partial charge is 0.480 e. The Hall–Kier alpha value is -2.11. The molecule has 1 amide bonds. The summed E-state index contributed by atoms with van der Waals surface area (Å²) in [5, 5.41) is 11.4. The van der Waals surface area contributed by atoms with E-state index in [1.165, 1.54) is 20.8 Å². The van der Waals surface area contributed by atoms with Crippen molar-refractivity contribution < 1.29 is 19.5 Å². The van der Waals surface area contributed by atoms with Crippen molar-refractivity contribution in [1.82, 2.24) is 10.3 Å². The molecule has 0 aromatic carbocycles. The maximum absolute atomic E-state index is 12.1. The number of aryl methyl sites for hydroxylation is 1. The van der Waals surface area contributed by atoms with Gasteiger partial charge in [-0.15, -0.1) is 0 Å². The topological polar surface area (TPSA) is 99.3 Å². The summed E-state index contributed by atoms with van der Waals surface area (Å²) >= 11 is 0. The number of carbonyl (C=O) groups excluding carboxylic acids is 2. The zero-order valence-electron chi connectivity index (χ0n) is 11.7. The first-order chi connectivity index (χ1) is 8.58. The van der Waals surface area contributed by atoms with Crippen LogP contribution in [0.15, 0.2) is 0 Å². The van der Waals surface area contributed by atoms with Gasteiger partial charge in [0, 0.05) is 11.3 Å². The molecule has 0 saturated heterocycles. The van der Waals surface area contributed by atoms with Gasteiger partial charge in [-0.2, -0.15) is 0 Å². The molecule has 0 aliphatic heterocycles. The van der Waals surface area contributed by atoms with Crippen LogP contribution < -0.4 is 5.32 Å². The van der Waals surface area contributed by atoms with Crippen LogP contribution >= 0.6 is 0 Å². The molecule has 0 spiro atoms. The van der Waals surface area contributed by atoms with E-state index in [-0.39, 0.29) is 11.5 Å². The Morgan fingerprint density at radius 1 is 1.21 bits per heavy atom. The quantitative estimate of drug-likeness (QED) is 0.718. The van der Waals surface area contributed by atoms with Crippen molar-refractivity contribution in [1.29, 1.82) is 0 Å². The van der Waals surface area contributed by atoms with Gasteiger partial charge in [-0.3, -0.25) is 9.59 Å². The highest BCUT2D eigenvalue weighted by Crippen LogP contribution is 2.19. The first kappa shape index (κ1) is 14.9. The number of hydrogen-bond acceptors (Lipinski definition) is 3. The molecule has 19 heavy (non-hydrogen) atoms. The minimum absolute atomic E-state index is 0.136. The van der Waals surface area contributed by atoms with Crippen molar-refractivity contribution in [3.63, 3.8) is 0 Å². The third-order valence-corrected chi connectivity index (χ3v) is 2.98. The zero-order valence-corrected chi connectivity index (χ0v) is 11.7. The smallest absolute Gasteiger partial charge is 0.328 e. The fourth-order valence-corrected chi connectivity index (χ4v) is 1.90. The Morgan fingerprint density at radius 3 is 2.11 bits per heavy atom. The third-order valence-electron chi connectivity index (χ3n) is 2.98. The molecule has 0 aliphatic carbocycles. The van der Waals surface area contributed by atoms with Crippen molar-refractivity contribution in [2.45, 2.75) is 40.2 Å². The van der Waals surface area contributed by atoms with Crippen molar-refractivity contribution in [3.8, 4) is 0 Å². The van der Waals surface area contributed by atoms with Gasteiger partial charge in [0.25, 0.3) is 5.91 Å². The third kappa shape index (κ3) is 2.83. The number of Topliss-reactive ketones (excluding diaryl/α,β-unsaturated/α-hetero) is 1. The van der Waals surface area contributed by atoms with Crippen LogP contribution in [0.25, 0.3) is 0 Å². The van der Waals surface area contributed by atoms with Gasteiger partial charge in [-0.25, -0.2) is 4.79 Å². The summed E-state index contributed by atoms with van der Waals surface area (Å²) in [5.41, 5.74) is 0.445. The van der Waals surface area contributed by atoms with Crippen LogP contribution in [-0.4, -0.2) is 33.3 Å². The molecule has 0 fully saturated rings. The first-order valence-corrected chi connectivity index (χ1v) is 5.84. The molecular formula is C13H18N2O4. The van der Waals surface area contributed by atoms with E-state index < -0.39 is 17.4 Å². The van der Waals surface area contributed by atoms with E-state index in [2.05, 4.69) is 10.3 Å². The summed E-state index contributed by atoms with van der Waals surface area (Å²) in [6.07, 6.45) is 0. The molecule has 1 rings (SSSR count). The molecule has 104 valence electrons. The summed E-state index contributed by atoms with van der Waals surface area (Å²) < 4.78 is 0. The lowest BCUT2D eigenvalue weighted by Crippen LogP contribution is -2.49. The van der Waals surface area contributed by atoms with Crippen LogP contribution in [0.5, 0.6) is 0 Å². The zero-order chi connectivity index (χ0) is 15.0. The molecule has 0 atom stereocenters. The average molecular weight is 266 g/mol. The van der Waals surface area contributed by atoms with E-state index in [0.717, 1.165) is 0 Å². The molecule has 3 N–H and O–H groups in total. The molecule has 6 nitrogen and oxygen atoms in total. The molecule has 0 saturated carbocycles. The summed E-state index contributed by atoms with van der Waals surface area (Å²) in [7, 11) is 0. The van der Waals surface area contributed by atoms with Crippen molar-refractivity contribution in [3.05, 3.63) is 22.5 Å². The molecule has 6 heteroatoms. The summed E-state index contributed by atoms with van der Waals surface area (Å²) in [6, 6.07) is 0. The molecule has 1 heterocycles. The monoisotopic (exact) mass is 266 g/mol. The molecule has 1 aromatic heterocycles. The van der Waals surface area contributed by atoms with E-state index in [9.17, 15) is 14.4 Å². The number of aliphatic carboxylic acids is 1. The SMILES string of the molecule is CC(=O)c1c(C)[nH]c(C(=O)NC(C)(C)C(=O)O)c1C. The Balaban J connectivity index is 3.12. The van der Waals surface area contributed by atoms with Crippen LogP contribution in [0.4, 0.5) is 0 Å². The predicted octanol–water partition coefficient (Wildman–Crippen LogP) is 1.43. The van der Waals surface area contributed by atoms with E-state index in [4.69, 9.17) is 5.11 Å². The summed E-state index contributed by atoms with van der Waals surface area (Å²) in [6.45, 7) is 7.56. The van der Waals surface area contributed by atoms with Gasteiger partial charge in [0.1, 0.15) is 11.2 Å². The molecule has 0 bridgehead atoms. The molecule has 0 aliphatic rings. The summed E-state index contributed by atoms with van der Waals surface area (Å²) in [5.74, 6) is -1.81. The number of carboxylic acid groups (broad SMARTS) is 1. The maximum Gasteiger partial charge on any atom is 0.328 e. The number of aromatic amines is 1. The highest BCUT2D eigenvalue weighted by molar-refractivity contribution is 6.03. The molecular weight excluding hydrogens is 248 g/mol. The Morgan fingerprint density at radius 2 is 1.74 bits per heavy atom. The standard InChI is InChI=1S/C13H18N2O4/c1-6-9(8(3)16)7(2)14-10(6)11(17)15-13(4,5)12(18)19/h14H,1-5H3,(H,15,17)(H,18,19). The van der Waals surface area contributed by atoms with Crippen LogP contribution in [0.1, 0.15) is 52.9 Å². The van der Waals surface area contributed by atoms with Gasteiger partial charge in [-0.05, 0) is 40.2 Å². The average Bonchev–Trinajstić information content (AvgIpc) is 2.53. The predicted molar refractivity (Wildman–Crippen MR) is 69.5 cm³/mol. The maximum atomic E-state index is 12.1. The second-order valence-corrected chi connectivity index (χ2v) is 5.07. The van der Waals surface area contributed by atoms with E-state index in [1.807, 2.05) is 0 Å². The van der Waals surface area contributed by atoms with E-state index in [1.54, 1.807) is 13.8 Å². The second-order valence-electron chi connectivity index (χ2n) is 5.07. The fraction of sp³-hybridized carbons (Fsp3) is 0.462. The second kappa shape index (κ2) is 4.87. The van der Waals surface area contributed by atoms with Crippen LogP contribution in [0.3, 0.4) is 0 Å². The fourth-order valence-electron chi connectivity index (χ4n) is 1.90. The Labute approximate surface area is 111 Å². The lowest BCUT2D eigenvalue weighted by atomic mass is 10.0. The minimum Gasteiger partial charge on any atom is -0.480 e. The van der Waals surface area contributed by atoms with Gasteiger partial charge in [-0.1, -0.05) is 0 Å². The lowest BCUT2D eigenvalue weighted by molar-refractivity contribution is -0.143. The number of carbonyl (C=O) groups is 3. The van der Waals surface area contributed by atoms with Crippen LogP contribution in [0.2, 0.25) is 0 Å². The normalized spacial score (nSPS) is 11.2. The number of nitrogens with one attached hydrogen (secondary N) is 2. The number of carboxylic acids is 1. The van der Waals surface area contributed by atoms with E-state index >= 15 is 0 Å². The molecule has 0 radical (unpaired) electrons. The van der Waals surface area contributed by atoms with Crippen LogP contribution in [-0.2, 0) is 4.79 Å². The lowest BCUT2D eigenvalue weighted by Gasteiger charge is -2.20. The number of ketones is 1. The number of amides is 1. The Bertz CT molecular complexity index is 555. The van der Waals surface area contributed by atoms with Gasteiger partial charge < -0.3 is 15.4 Å². The van der Waals surface area contributed by atoms with Crippen LogP contribution in [0, 0.1) is 13.8 Å². The number of aromatic nitrogens is 1. The highest BCUT2D eigenvalue weighted by atomic mass is 16.4. The van der Waals surface area contributed by atoms with Crippen molar-refractivity contribution >= 4 is 17.7 Å². The molecule has 0 unspecified atom stereocenters. The van der Waals surface area contributed by atoms with E-state index in [0.29, 0.717) is 16.8 Å². The number of H-pyrrole nitrogens is 1. The number of rotatable bonds is 4. The molecule has 1 aromatic rings. The van der Waals surface area contributed by atoms with Crippen molar-refractivity contribution in [2.75, 3.05) is 0 Å². The number of hydrogen-bond donors (Lipinski definition) is 3. The highest BCUT2D eigenvalue weighted by Gasteiger charge is 2.31. The first-order valence-electron chi connectivity index (χ1n) is 5.84. The van der Waals surface area contributed by atoms with Crippen molar-refractivity contribution in [2.24, 2.45) is 0 Å².